The number of rotatable bonds is 5. The van der Waals surface area contributed by atoms with Crippen molar-refractivity contribution >= 4 is 23.9 Å². The number of carbonyl (C=O) groups excluding carboxylic acids is 4. The minimum atomic E-state index is -0.802. The van der Waals surface area contributed by atoms with E-state index in [1.165, 1.54) is 20.1 Å². The van der Waals surface area contributed by atoms with Gasteiger partial charge in [0.1, 0.15) is 18.3 Å². The Kier molecular flexibility index (Phi) is 7.87. The summed E-state index contributed by atoms with van der Waals surface area (Å²) in [6, 6.07) is 0. The summed E-state index contributed by atoms with van der Waals surface area (Å²) >= 11 is 0. The van der Waals surface area contributed by atoms with E-state index in [4.69, 9.17) is 28.4 Å². The van der Waals surface area contributed by atoms with Gasteiger partial charge in [0.05, 0.1) is 31.0 Å². The first-order chi connectivity index (χ1) is 21.2. The number of fused-ring (bicyclic) bond motifs is 4. The summed E-state index contributed by atoms with van der Waals surface area (Å²) in [6.07, 6.45) is 3.80. The summed E-state index contributed by atoms with van der Waals surface area (Å²) in [4.78, 5) is 51.4. The van der Waals surface area contributed by atoms with Gasteiger partial charge in [-0.25, -0.2) is 4.79 Å². The van der Waals surface area contributed by atoms with Gasteiger partial charge in [0, 0.05) is 54.6 Å². The largest absolute Gasteiger partial charge is 0.462 e. The van der Waals surface area contributed by atoms with Gasteiger partial charge in [0.15, 0.2) is 0 Å². The Morgan fingerprint density at radius 1 is 0.978 bits per heavy atom. The predicted molar refractivity (Wildman–Crippen MR) is 160 cm³/mol. The average Bonchev–Trinajstić information content (AvgIpc) is 3.62. The molecule has 10 nitrogen and oxygen atoms in total. The molecule has 2 saturated heterocycles. The number of allylic oxidation sites excluding steroid dienone is 2. The van der Waals surface area contributed by atoms with Crippen molar-refractivity contribution in [2.45, 2.75) is 105 Å². The van der Waals surface area contributed by atoms with Crippen molar-refractivity contribution in [1.29, 1.82) is 0 Å². The fraction of sp³-hybridized carbons (Fsp3) is 0.714. The number of cyclic esters (lactones) is 1. The molecule has 12 atom stereocenters. The summed E-state index contributed by atoms with van der Waals surface area (Å²) < 4.78 is 37.3. The zero-order valence-electron chi connectivity index (χ0n) is 27.5. The van der Waals surface area contributed by atoms with Crippen molar-refractivity contribution in [1.82, 2.24) is 0 Å². The van der Waals surface area contributed by atoms with Crippen LogP contribution in [0.4, 0.5) is 0 Å². The fourth-order valence-corrected chi connectivity index (χ4v) is 10.5. The number of ether oxygens (including phenoxy) is 6. The van der Waals surface area contributed by atoms with Crippen LogP contribution in [0.1, 0.15) is 74.7 Å². The maximum absolute atomic E-state index is 13.6. The molecule has 0 N–H and O–H groups in total. The molecule has 10 heteroatoms. The van der Waals surface area contributed by atoms with E-state index in [1.807, 2.05) is 6.08 Å². The quantitative estimate of drug-likeness (QED) is 0.185. The zero-order chi connectivity index (χ0) is 32.6. The van der Waals surface area contributed by atoms with Crippen LogP contribution in [0.25, 0.3) is 0 Å². The summed E-state index contributed by atoms with van der Waals surface area (Å²) in [5.74, 6) is -2.55. The molecular formula is C35H46O10. The van der Waals surface area contributed by atoms with Gasteiger partial charge < -0.3 is 28.4 Å². The Balaban J connectivity index is 1.57. The Hall–Kier alpha value is -2.98. The van der Waals surface area contributed by atoms with E-state index < -0.39 is 64.5 Å². The lowest BCUT2D eigenvalue weighted by Crippen LogP contribution is -2.72. The summed E-state index contributed by atoms with van der Waals surface area (Å²) in [5.41, 5.74) is 0.451. The first-order valence-electron chi connectivity index (χ1n) is 16.2. The van der Waals surface area contributed by atoms with Crippen molar-refractivity contribution in [2.75, 3.05) is 13.2 Å². The molecule has 6 aliphatic rings. The Labute approximate surface area is 264 Å². The SMILES string of the molecule is C/C=C(\C)C(=O)O[C@@H]1[C@@H]2OC[C@]3(C)[C@H](OC(C)=O)C[C@H](OC(C)=O)[C@@](C)([C@@H]23)[C@H]2CCO[C@H]3C[C@@H]([C@H]4C=COC4=O)C(C)=C3[C@]12C. The standard InChI is InChI=1S/C35H46O10/c1-9-17(2)31(38)45-30-28-29-33(6,16-42-28)25(43-19(4)36)15-26(44-20(5)37)34(29,7)24-11-13-40-23-14-22(21-10-12-41-32(21)39)18(3)27(23)35(24,30)8/h9-10,12,21-26,28-30H,11,13-16H2,1-8H3/b17-9+/t21-,22-,23+,24-,25-,26+,28-,29+,30-,33-,34+,35-/m1/s1. The second-order valence-electron chi connectivity index (χ2n) is 14.6. The first-order valence-corrected chi connectivity index (χ1v) is 16.2. The van der Waals surface area contributed by atoms with E-state index in [-0.39, 0.29) is 29.8 Å². The molecular weight excluding hydrogens is 580 g/mol. The highest BCUT2D eigenvalue weighted by Crippen LogP contribution is 2.72. The molecule has 3 aliphatic heterocycles. The van der Waals surface area contributed by atoms with Crippen molar-refractivity contribution in [3.05, 3.63) is 35.1 Å². The van der Waals surface area contributed by atoms with Crippen molar-refractivity contribution in [2.24, 2.45) is 39.9 Å². The summed E-state index contributed by atoms with van der Waals surface area (Å²) in [5, 5.41) is 0. The minimum absolute atomic E-state index is 0.135. The van der Waals surface area contributed by atoms with Crippen LogP contribution < -0.4 is 0 Å². The van der Waals surface area contributed by atoms with Crippen LogP contribution >= 0.6 is 0 Å². The third kappa shape index (κ3) is 4.56. The van der Waals surface area contributed by atoms with Crippen LogP contribution in [0.5, 0.6) is 0 Å². The second-order valence-corrected chi connectivity index (χ2v) is 14.6. The number of carbonyl (C=O) groups is 4. The van der Waals surface area contributed by atoms with E-state index in [1.54, 1.807) is 19.9 Å². The molecule has 6 rings (SSSR count). The third-order valence-corrected chi connectivity index (χ3v) is 12.4. The Morgan fingerprint density at radius 3 is 2.29 bits per heavy atom. The van der Waals surface area contributed by atoms with E-state index >= 15 is 0 Å². The molecule has 0 radical (unpaired) electrons. The van der Waals surface area contributed by atoms with E-state index in [0.29, 0.717) is 38.0 Å². The molecule has 0 spiro atoms. The van der Waals surface area contributed by atoms with Crippen LogP contribution in [0, 0.1) is 39.9 Å². The Bertz CT molecular complexity index is 1390. The highest BCUT2D eigenvalue weighted by Gasteiger charge is 2.77. The lowest BCUT2D eigenvalue weighted by molar-refractivity contribution is -0.258. The summed E-state index contributed by atoms with van der Waals surface area (Å²) in [7, 11) is 0. The number of hydrogen-bond acceptors (Lipinski definition) is 10. The van der Waals surface area contributed by atoms with Crippen molar-refractivity contribution < 1.29 is 47.6 Å². The first kappa shape index (κ1) is 32.0. The normalized spacial score (nSPS) is 45.2. The second kappa shape index (κ2) is 11.1. The molecule has 0 aromatic rings. The van der Waals surface area contributed by atoms with E-state index in [2.05, 4.69) is 27.7 Å². The zero-order valence-corrected chi connectivity index (χ0v) is 27.5. The topological polar surface area (TPSA) is 124 Å². The maximum Gasteiger partial charge on any atom is 0.333 e. The molecule has 4 fully saturated rings. The highest BCUT2D eigenvalue weighted by molar-refractivity contribution is 5.88. The van der Waals surface area contributed by atoms with Crippen LogP contribution in [-0.4, -0.2) is 67.6 Å². The van der Waals surface area contributed by atoms with Crippen LogP contribution in [0.3, 0.4) is 0 Å². The van der Waals surface area contributed by atoms with Crippen molar-refractivity contribution in [3.8, 4) is 0 Å². The van der Waals surface area contributed by atoms with Crippen LogP contribution in [0.15, 0.2) is 35.1 Å². The molecule has 45 heavy (non-hydrogen) atoms. The molecule has 0 unspecified atom stereocenters. The predicted octanol–water partition coefficient (Wildman–Crippen LogP) is 4.61. The molecule has 3 heterocycles. The summed E-state index contributed by atoms with van der Waals surface area (Å²) in [6.45, 7) is 15.5. The van der Waals surface area contributed by atoms with Crippen LogP contribution in [-0.2, 0) is 47.6 Å². The molecule has 0 bridgehead atoms. The molecule has 0 amide bonds. The van der Waals surface area contributed by atoms with Gasteiger partial charge in [-0.05, 0) is 57.1 Å². The molecule has 0 aromatic carbocycles. The lowest BCUT2D eigenvalue weighted by Gasteiger charge is -2.66. The highest BCUT2D eigenvalue weighted by atomic mass is 16.6. The van der Waals surface area contributed by atoms with E-state index in [9.17, 15) is 19.2 Å². The smallest absolute Gasteiger partial charge is 0.333 e. The molecule has 0 aromatic heterocycles. The van der Waals surface area contributed by atoms with Gasteiger partial charge in [0.25, 0.3) is 0 Å². The van der Waals surface area contributed by atoms with Gasteiger partial charge in [-0.3, -0.25) is 14.4 Å². The Morgan fingerprint density at radius 2 is 1.67 bits per heavy atom. The van der Waals surface area contributed by atoms with Gasteiger partial charge in [-0.1, -0.05) is 32.4 Å². The van der Waals surface area contributed by atoms with E-state index in [0.717, 1.165) is 11.1 Å². The lowest BCUT2D eigenvalue weighted by atomic mass is 9.39. The fourth-order valence-electron chi connectivity index (χ4n) is 10.5. The average molecular weight is 627 g/mol. The molecule has 3 aliphatic carbocycles. The maximum atomic E-state index is 13.6. The molecule has 246 valence electrons. The monoisotopic (exact) mass is 626 g/mol. The minimum Gasteiger partial charge on any atom is -0.462 e. The number of hydrogen-bond donors (Lipinski definition) is 0. The van der Waals surface area contributed by atoms with Crippen molar-refractivity contribution in [3.63, 3.8) is 0 Å². The van der Waals surface area contributed by atoms with Gasteiger partial charge in [-0.15, -0.1) is 0 Å². The van der Waals surface area contributed by atoms with Gasteiger partial charge in [0.2, 0.25) is 0 Å². The van der Waals surface area contributed by atoms with Gasteiger partial charge in [-0.2, -0.15) is 0 Å². The number of esters is 4. The molecule has 2 saturated carbocycles. The third-order valence-electron chi connectivity index (χ3n) is 12.4. The van der Waals surface area contributed by atoms with Crippen LogP contribution in [0.2, 0.25) is 0 Å². The van der Waals surface area contributed by atoms with Gasteiger partial charge >= 0.3 is 23.9 Å².